The number of aliphatic carboxylic acids is 1. The fourth-order valence-corrected chi connectivity index (χ4v) is 0.402. The van der Waals surface area contributed by atoms with Gasteiger partial charge in [-0.05, 0) is 12.8 Å². The van der Waals surface area contributed by atoms with Gasteiger partial charge in [-0.1, -0.05) is 13.8 Å². The molecule has 3 N–H and O–H groups in total. The number of ether oxygens (including phenoxy) is 1. The predicted molar refractivity (Wildman–Crippen MR) is 51.9 cm³/mol. The molecule has 0 spiro atoms. The van der Waals surface area contributed by atoms with Crippen molar-refractivity contribution in [1.82, 2.24) is 0 Å². The number of hydrogen-bond acceptors (Lipinski definition) is 4. The highest BCUT2D eigenvalue weighted by molar-refractivity contribution is 5.66. The Morgan fingerprint density at radius 3 is 2.21 bits per heavy atom. The third-order valence-electron chi connectivity index (χ3n) is 1.26. The fourth-order valence-electron chi connectivity index (χ4n) is 0.402. The van der Waals surface area contributed by atoms with Crippen LogP contribution in [0.15, 0.2) is 0 Å². The van der Waals surface area contributed by atoms with Gasteiger partial charge in [-0.3, -0.25) is 4.79 Å². The van der Waals surface area contributed by atoms with E-state index in [1.165, 1.54) is 0 Å². The lowest BCUT2D eigenvalue weighted by Gasteiger charge is -2.07. The van der Waals surface area contributed by atoms with Gasteiger partial charge in [-0.15, -0.1) is 0 Å². The number of carbonyl (C=O) groups is 1. The zero-order chi connectivity index (χ0) is 11.4. The number of hydrogen-bond donors (Lipinski definition) is 3. The molecular formula is C9H20O5. The average molecular weight is 208 g/mol. The Morgan fingerprint density at radius 1 is 1.43 bits per heavy atom. The molecule has 0 aliphatic carbocycles. The van der Waals surface area contributed by atoms with Crippen molar-refractivity contribution in [1.29, 1.82) is 0 Å². The fraction of sp³-hybridized carbons (Fsp3) is 0.889. The van der Waals surface area contributed by atoms with E-state index in [4.69, 9.17) is 20.1 Å². The zero-order valence-corrected chi connectivity index (χ0v) is 8.77. The van der Waals surface area contributed by atoms with E-state index in [1.54, 1.807) is 6.92 Å². The van der Waals surface area contributed by atoms with Crippen LogP contribution in [-0.2, 0) is 9.53 Å². The molecule has 1 atom stereocenters. The SMILES string of the molecule is CCC(=O)O.CCC(O)OCCCO. The zero-order valence-electron chi connectivity index (χ0n) is 8.77. The summed E-state index contributed by atoms with van der Waals surface area (Å²) in [5, 5.41) is 24.8. The Bertz CT molecular complexity index is 126. The molecule has 5 nitrogen and oxygen atoms in total. The van der Waals surface area contributed by atoms with E-state index >= 15 is 0 Å². The molecule has 0 bridgehead atoms. The molecule has 0 rings (SSSR count). The molecule has 1 unspecified atom stereocenters. The number of carboxylic acids is 1. The van der Waals surface area contributed by atoms with Gasteiger partial charge in [0.2, 0.25) is 0 Å². The van der Waals surface area contributed by atoms with Gasteiger partial charge in [0.15, 0.2) is 6.29 Å². The predicted octanol–water partition coefficient (Wildman–Crippen LogP) is 0.595. The Kier molecular flexibility index (Phi) is 13.9. The Morgan fingerprint density at radius 2 is 1.93 bits per heavy atom. The van der Waals surface area contributed by atoms with Crippen LogP contribution < -0.4 is 0 Å². The molecular weight excluding hydrogens is 188 g/mol. The van der Waals surface area contributed by atoms with E-state index in [-0.39, 0.29) is 13.0 Å². The quantitative estimate of drug-likeness (QED) is 0.439. The van der Waals surface area contributed by atoms with E-state index in [9.17, 15) is 4.79 Å². The van der Waals surface area contributed by atoms with E-state index in [0.29, 0.717) is 19.4 Å². The lowest BCUT2D eigenvalue weighted by atomic mass is 10.4. The summed E-state index contributed by atoms with van der Waals surface area (Å²) < 4.78 is 4.83. The summed E-state index contributed by atoms with van der Waals surface area (Å²) in [6, 6.07) is 0. The third-order valence-corrected chi connectivity index (χ3v) is 1.26. The van der Waals surface area contributed by atoms with Crippen molar-refractivity contribution in [3.8, 4) is 0 Å². The molecule has 86 valence electrons. The Labute approximate surface area is 84.3 Å². The largest absolute Gasteiger partial charge is 0.481 e. The molecule has 5 heteroatoms. The summed E-state index contributed by atoms with van der Waals surface area (Å²) in [4.78, 5) is 9.37. The van der Waals surface area contributed by atoms with Crippen molar-refractivity contribution >= 4 is 5.97 Å². The first-order valence-electron chi connectivity index (χ1n) is 4.70. The van der Waals surface area contributed by atoms with Gasteiger partial charge in [0.1, 0.15) is 0 Å². The minimum atomic E-state index is -0.745. The summed E-state index contributed by atoms with van der Waals surface area (Å²) in [5.41, 5.74) is 0. The number of rotatable bonds is 6. The Balaban J connectivity index is 0. The summed E-state index contributed by atoms with van der Waals surface area (Å²) in [6.45, 7) is 3.99. The molecule has 14 heavy (non-hydrogen) atoms. The van der Waals surface area contributed by atoms with Crippen LogP contribution in [0.4, 0.5) is 0 Å². The highest BCUT2D eigenvalue weighted by Crippen LogP contribution is 1.92. The second-order valence-corrected chi connectivity index (χ2v) is 2.56. The van der Waals surface area contributed by atoms with E-state index in [1.807, 2.05) is 6.92 Å². The van der Waals surface area contributed by atoms with E-state index < -0.39 is 12.3 Å². The van der Waals surface area contributed by atoms with Gasteiger partial charge in [-0.25, -0.2) is 0 Å². The summed E-state index contributed by atoms with van der Waals surface area (Å²) in [5.74, 6) is -0.745. The van der Waals surface area contributed by atoms with E-state index in [0.717, 1.165) is 0 Å². The molecule has 0 heterocycles. The normalized spacial score (nSPS) is 11.4. The number of aliphatic hydroxyl groups excluding tert-OH is 2. The molecule has 0 radical (unpaired) electrons. The molecule has 0 aromatic heterocycles. The highest BCUT2D eigenvalue weighted by Gasteiger charge is 1.97. The first-order valence-corrected chi connectivity index (χ1v) is 4.70. The summed E-state index contributed by atoms with van der Waals surface area (Å²) in [7, 11) is 0. The van der Waals surface area contributed by atoms with Crippen molar-refractivity contribution in [3.63, 3.8) is 0 Å². The van der Waals surface area contributed by atoms with Gasteiger partial charge >= 0.3 is 5.97 Å². The average Bonchev–Trinajstić information content (AvgIpc) is 2.19. The van der Waals surface area contributed by atoms with Crippen LogP contribution in [0.5, 0.6) is 0 Å². The molecule has 0 saturated heterocycles. The van der Waals surface area contributed by atoms with Gasteiger partial charge < -0.3 is 20.1 Å². The van der Waals surface area contributed by atoms with Crippen LogP contribution in [0.2, 0.25) is 0 Å². The second-order valence-electron chi connectivity index (χ2n) is 2.56. The molecule has 0 aromatic carbocycles. The minimum absolute atomic E-state index is 0.121. The number of aliphatic hydroxyl groups is 2. The minimum Gasteiger partial charge on any atom is -0.481 e. The van der Waals surface area contributed by atoms with Crippen LogP contribution >= 0.6 is 0 Å². The standard InChI is InChI=1S/C6H14O3.C3H6O2/c1-2-6(8)9-5-3-4-7;1-2-3(4)5/h6-8H,2-5H2,1H3;2H2,1H3,(H,4,5). The first kappa shape index (κ1) is 15.8. The van der Waals surface area contributed by atoms with Gasteiger partial charge in [0.05, 0.1) is 6.61 Å². The molecule has 0 aliphatic rings. The maximum absolute atomic E-state index is 9.37. The second kappa shape index (κ2) is 12.3. The monoisotopic (exact) mass is 208 g/mol. The smallest absolute Gasteiger partial charge is 0.303 e. The Hall–Kier alpha value is -0.650. The maximum Gasteiger partial charge on any atom is 0.303 e. The van der Waals surface area contributed by atoms with Crippen LogP contribution in [0.3, 0.4) is 0 Å². The van der Waals surface area contributed by atoms with Crippen LogP contribution in [0.25, 0.3) is 0 Å². The molecule has 0 saturated carbocycles. The van der Waals surface area contributed by atoms with Gasteiger partial charge in [0.25, 0.3) is 0 Å². The van der Waals surface area contributed by atoms with Crippen LogP contribution in [0.1, 0.15) is 33.1 Å². The molecule has 0 amide bonds. The third kappa shape index (κ3) is 17.4. The topological polar surface area (TPSA) is 87.0 Å². The highest BCUT2D eigenvalue weighted by atomic mass is 16.6. The summed E-state index contributed by atoms with van der Waals surface area (Å²) >= 11 is 0. The van der Waals surface area contributed by atoms with Crippen molar-refractivity contribution in [2.45, 2.75) is 39.4 Å². The van der Waals surface area contributed by atoms with Gasteiger partial charge in [0, 0.05) is 13.0 Å². The molecule has 0 aliphatic heterocycles. The number of carboxylic acid groups (broad SMARTS) is 1. The first-order chi connectivity index (χ1) is 6.58. The summed E-state index contributed by atoms with van der Waals surface area (Å²) in [6.07, 6.45) is 0.763. The lowest BCUT2D eigenvalue weighted by Crippen LogP contribution is -2.11. The molecule has 0 fully saturated rings. The lowest BCUT2D eigenvalue weighted by molar-refractivity contribution is -0.136. The van der Waals surface area contributed by atoms with Crippen molar-refractivity contribution in [2.24, 2.45) is 0 Å². The van der Waals surface area contributed by atoms with Crippen molar-refractivity contribution < 1.29 is 24.9 Å². The maximum atomic E-state index is 9.37. The van der Waals surface area contributed by atoms with Crippen molar-refractivity contribution in [2.75, 3.05) is 13.2 Å². The van der Waals surface area contributed by atoms with Gasteiger partial charge in [-0.2, -0.15) is 0 Å². The van der Waals surface area contributed by atoms with Crippen LogP contribution in [-0.4, -0.2) is 40.8 Å². The van der Waals surface area contributed by atoms with E-state index in [2.05, 4.69) is 0 Å². The van der Waals surface area contributed by atoms with Crippen LogP contribution in [0, 0.1) is 0 Å². The van der Waals surface area contributed by atoms with Crippen molar-refractivity contribution in [3.05, 3.63) is 0 Å². The molecule has 0 aromatic rings.